The third-order valence-electron chi connectivity index (χ3n) is 2.58. The van der Waals surface area contributed by atoms with E-state index in [-0.39, 0.29) is 5.56 Å². The number of hydrogen-bond acceptors (Lipinski definition) is 4. The molecule has 0 radical (unpaired) electrons. The average molecular weight is 256 g/mol. The van der Waals surface area contributed by atoms with Crippen LogP contribution in [-0.4, -0.2) is 21.0 Å². The van der Waals surface area contributed by atoms with E-state index in [0.717, 1.165) is 10.2 Å². The number of rotatable bonds is 2. The summed E-state index contributed by atoms with van der Waals surface area (Å²) in [6.45, 7) is 0. The number of nitrogens with zero attached hydrogens (tertiary/aromatic N) is 2. The molecule has 18 heavy (non-hydrogen) atoms. The lowest BCUT2D eigenvalue weighted by molar-refractivity contribution is 0.0697. The van der Waals surface area contributed by atoms with E-state index in [4.69, 9.17) is 5.11 Å². The molecule has 3 rings (SSSR count). The first-order chi connectivity index (χ1) is 8.75. The highest BCUT2D eigenvalue weighted by molar-refractivity contribution is 7.21. The number of aromatic nitrogens is 2. The fourth-order valence-electron chi connectivity index (χ4n) is 1.74. The third kappa shape index (κ3) is 1.74. The van der Waals surface area contributed by atoms with E-state index >= 15 is 0 Å². The molecule has 0 amide bonds. The molecular weight excluding hydrogens is 248 g/mol. The molecule has 0 atom stereocenters. The zero-order valence-electron chi connectivity index (χ0n) is 9.20. The Morgan fingerprint density at radius 3 is 2.83 bits per heavy atom. The molecule has 5 heteroatoms. The number of hydrogen-bond donors (Lipinski definition) is 1. The molecule has 0 aliphatic heterocycles. The van der Waals surface area contributed by atoms with Crippen LogP contribution < -0.4 is 0 Å². The lowest BCUT2D eigenvalue weighted by atomic mass is 10.1. The molecule has 3 aromatic rings. The first-order valence-corrected chi connectivity index (χ1v) is 6.10. The Hall–Kier alpha value is -2.27. The Kier molecular flexibility index (Phi) is 2.53. The van der Waals surface area contributed by atoms with Crippen LogP contribution in [-0.2, 0) is 0 Å². The van der Waals surface area contributed by atoms with Crippen molar-refractivity contribution in [3.8, 4) is 10.6 Å². The number of carboxylic acid groups (broad SMARTS) is 1. The van der Waals surface area contributed by atoms with Crippen LogP contribution in [0.1, 0.15) is 10.4 Å². The number of fused-ring (bicyclic) bond motifs is 1. The topological polar surface area (TPSA) is 63.1 Å². The minimum Gasteiger partial charge on any atom is -0.478 e. The Labute approximate surface area is 107 Å². The molecular formula is C13H8N2O2S. The summed E-state index contributed by atoms with van der Waals surface area (Å²) in [5, 5.41) is 9.83. The molecule has 1 aromatic carbocycles. The molecule has 0 spiro atoms. The summed E-state index contributed by atoms with van der Waals surface area (Å²) in [4.78, 5) is 19.6. The van der Waals surface area contributed by atoms with Crippen LogP contribution in [0.25, 0.3) is 20.8 Å². The van der Waals surface area contributed by atoms with Crippen LogP contribution >= 0.6 is 11.3 Å². The van der Waals surface area contributed by atoms with E-state index in [1.165, 1.54) is 23.6 Å². The molecule has 0 bridgehead atoms. The van der Waals surface area contributed by atoms with Crippen LogP contribution in [0.15, 0.2) is 42.7 Å². The van der Waals surface area contributed by atoms with Gasteiger partial charge in [-0.15, -0.1) is 11.3 Å². The maximum Gasteiger partial charge on any atom is 0.336 e. The fourth-order valence-corrected chi connectivity index (χ4v) is 2.73. The summed E-state index contributed by atoms with van der Waals surface area (Å²) in [6, 6.07) is 9.21. The molecule has 0 aliphatic carbocycles. The smallest absolute Gasteiger partial charge is 0.336 e. The van der Waals surface area contributed by atoms with Gasteiger partial charge >= 0.3 is 5.97 Å². The number of para-hydroxylation sites is 1. The van der Waals surface area contributed by atoms with Crippen molar-refractivity contribution in [2.24, 2.45) is 0 Å². The van der Waals surface area contributed by atoms with Crippen LogP contribution in [0.2, 0.25) is 0 Å². The zero-order valence-corrected chi connectivity index (χ0v) is 10.0. The third-order valence-corrected chi connectivity index (χ3v) is 3.65. The standard InChI is InChI=1S/C13H8N2O2S/c16-13(17)8-5-6-14-7-9(8)12-15-10-3-1-2-4-11(10)18-12/h1-7H,(H,16,17). The van der Waals surface area contributed by atoms with E-state index in [0.29, 0.717) is 10.6 Å². The van der Waals surface area contributed by atoms with E-state index in [1.54, 1.807) is 6.20 Å². The Bertz CT molecular complexity index is 703. The molecule has 0 saturated heterocycles. The predicted molar refractivity (Wildman–Crippen MR) is 69.8 cm³/mol. The van der Waals surface area contributed by atoms with E-state index < -0.39 is 5.97 Å². The van der Waals surface area contributed by atoms with Gasteiger partial charge in [0.1, 0.15) is 5.01 Å². The summed E-state index contributed by atoms with van der Waals surface area (Å²) >= 11 is 1.47. The molecule has 0 unspecified atom stereocenters. The number of benzene rings is 1. The van der Waals surface area contributed by atoms with E-state index in [9.17, 15) is 4.79 Å². The maximum absolute atomic E-state index is 11.2. The van der Waals surface area contributed by atoms with Gasteiger partial charge in [-0.05, 0) is 18.2 Å². The summed E-state index contributed by atoms with van der Waals surface area (Å²) in [5.41, 5.74) is 1.66. The van der Waals surface area contributed by atoms with Gasteiger partial charge in [0.15, 0.2) is 0 Å². The second-order valence-corrected chi connectivity index (χ2v) is 4.74. The SMILES string of the molecule is O=C(O)c1ccncc1-c1nc2ccccc2s1. The van der Waals surface area contributed by atoms with Crippen molar-refractivity contribution < 1.29 is 9.90 Å². The average Bonchev–Trinajstić information content (AvgIpc) is 2.82. The van der Waals surface area contributed by atoms with Crippen LogP contribution in [0, 0.1) is 0 Å². The van der Waals surface area contributed by atoms with Gasteiger partial charge in [-0.3, -0.25) is 4.98 Å². The van der Waals surface area contributed by atoms with Crippen LogP contribution in [0.3, 0.4) is 0 Å². The lowest BCUT2D eigenvalue weighted by Crippen LogP contribution is -1.99. The molecule has 0 aliphatic rings. The van der Waals surface area contributed by atoms with E-state index in [1.807, 2.05) is 24.3 Å². The maximum atomic E-state index is 11.2. The van der Waals surface area contributed by atoms with Gasteiger partial charge in [0.25, 0.3) is 0 Å². The Balaban J connectivity index is 2.23. The highest BCUT2D eigenvalue weighted by Gasteiger charge is 2.14. The first kappa shape index (κ1) is 10.9. The lowest BCUT2D eigenvalue weighted by Gasteiger charge is -2.00. The van der Waals surface area contributed by atoms with Gasteiger partial charge in [-0.25, -0.2) is 9.78 Å². The van der Waals surface area contributed by atoms with Crippen molar-refractivity contribution in [2.45, 2.75) is 0 Å². The summed E-state index contributed by atoms with van der Waals surface area (Å²) in [7, 11) is 0. The number of thiazole rings is 1. The number of aromatic carboxylic acids is 1. The molecule has 2 aromatic heterocycles. The molecule has 0 saturated carbocycles. The summed E-state index contributed by atoms with van der Waals surface area (Å²) in [6.07, 6.45) is 3.02. The second-order valence-electron chi connectivity index (χ2n) is 3.71. The zero-order chi connectivity index (χ0) is 12.5. The van der Waals surface area contributed by atoms with Crippen molar-refractivity contribution in [1.29, 1.82) is 0 Å². The minimum atomic E-state index is -0.966. The number of carboxylic acids is 1. The predicted octanol–water partition coefficient (Wildman–Crippen LogP) is 3.06. The van der Waals surface area contributed by atoms with Crippen LogP contribution in [0.4, 0.5) is 0 Å². The molecule has 1 N–H and O–H groups in total. The van der Waals surface area contributed by atoms with Crippen molar-refractivity contribution in [2.75, 3.05) is 0 Å². The van der Waals surface area contributed by atoms with Gasteiger partial charge in [0, 0.05) is 18.0 Å². The second kappa shape index (κ2) is 4.19. The highest BCUT2D eigenvalue weighted by atomic mass is 32.1. The quantitative estimate of drug-likeness (QED) is 0.765. The van der Waals surface area contributed by atoms with Crippen LogP contribution in [0.5, 0.6) is 0 Å². The van der Waals surface area contributed by atoms with Gasteiger partial charge in [-0.2, -0.15) is 0 Å². The molecule has 2 heterocycles. The van der Waals surface area contributed by atoms with Gasteiger partial charge in [0.2, 0.25) is 0 Å². The van der Waals surface area contributed by atoms with Gasteiger partial charge in [0.05, 0.1) is 15.8 Å². The number of pyridine rings is 1. The molecule has 4 nitrogen and oxygen atoms in total. The van der Waals surface area contributed by atoms with Gasteiger partial charge < -0.3 is 5.11 Å². The highest BCUT2D eigenvalue weighted by Crippen LogP contribution is 2.31. The summed E-state index contributed by atoms with van der Waals surface area (Å²) < 4.78 is 1.03. The fraction of sp³-hybridized carbons (Fsp3) is 0. The minimum absolute atomic E-state index is 0.226. The number of carbonyl (C=O) groups is 1. The summed E-state index contributed by atoms with van der Waals surface area (Å²) in [5.74, 6) is -0.966. The normalized spacial score (nSPS) is 10.7. The van der Waals surface area contributed by atoms with Crippen molar-refractivity contribution in [1.82, 2.24) is 9.97 Å². The monoisotopic (exact) mass is 256 g/mol. The van der Waals surface area contributed by atoms with Gasteiger partial charge in [-0.1, -0.05) is 12.1 Å². The Morgan fingerprint density at radius 1 is 1.22 bits per heavy atom. The van der Waals surface area contributed by atoms with Crippen molar-refractivity contribution in [3.63, 3.8) is 0 Å². The van der Waals surface area contributed by atoms with Crippen molar-refractivity contribution >= 4 is 27.5 Å². The van der Waals surface area contributed by atoms with E-state index in [2.05, 4.69) is 9.97 Å². The Morgan fingerprint density at radius 2 is 2.06 bits per heavy atom. The first-order valence-electron chi connectivity index (χ1n) is 5.29. The van der Waals surface area contributed by atoms with Crippen molar-refractivity contribution in [3.05, 3.63) is 48.3 Å². The largest absolute Gasteiger partial charge is 0.478 e. The molecule has 0 fully saturated rings. The molecule has 88 valence electrons.